The first-order chi connectivity index (χ1) is 16.6. The molecule has 0 aromatic heterocycles. The van der Waals surface area contributed by atoms with Gasteiger partial charge in [-0.1, -0.05) is 31.9 Å². The van der Waals surface area contributed by atoms with Crippen molar-refractivity contribution in [3.8, 4) is 17.2 Å². The van der Waals surface area contributed by atoms with Crippen molar-refractivity contribution in [3.63, 3.8) is 0 Å². The molecular weight excluding hydrogens is 430 g/mol. The Morgan fingerprint density at radius 2 is 1.76 bits per heavy atom. The van der Waals surface area contributed by atoms with E-state index in [2.05, 4.69) is 25.1 Å². The van der Waals surface area contributed by atoms with Gasteiger partial charge in [-0.2, -0.15) is 0 Å². The standard InChI is InChI=1S/C27H39N3O4/c1-4-5-6-17-34-26-19-23(12-13-24(26)32-2)30-16-8-15-29(27(30)31)20-22-11-10-21(9-7-14-28)18-25(22)33-3/h10-13,18-19H,4-9,14-17,20,28H2,1-3H3. The molecule has 0 atom stereocenters. The average Bonchev–Trinajstić information content (AvgIpc) is 2.87. The highest BCUT2D eigenvalue weighted by atomic mass is 16.5. The molecule has 2 aromatic carbocycles. The first-order valence-corrected chi connectivity index (χ1v) is 12.3. The number of hydrogen-bond donors (Lipinski definition) is 1. The Morgan fingerprint density at radius 3 is 2.50 bits per heavy atom. The van der Waals surface area contributed by atoms with Crippen LogP contribution in [0.25, 0.3) is 0 Å². The molecule has 7 nitrogen and oxygen atoms in total. The van der Waals surface area contributed by atoms with Crippen molar-refractivity contribution in [1.82, 2.24) is 4.90 Å². The second kappa shape index (κ2) is 13.1. The smallest absolute Gasteiger partial charge is 0.324 e. The zero-order valence-corrected chi connectivity index (χ0v) is 20.8. The summed E-state index contributed by atoms with van der Waals surface area (Å²) in [5, 5.41) is 0. The van der Waals surface area contributed by atoms with E-state index in [0.29, 0.717) is 44.3 Å². The van der Waals surface area contributed by atoms with Gasteiger partial charge in [0.05, 0.1) is 27.4 Å². The lowest BCUT2D eigenvalue weighted by molar-refractivity contribution is 0.191. The Balaban J connectivity index is 1.73. The number of nitrogens with two attached hydrogens (primary N) is 1. The van der Waals surface area contributed by atoms with Crippen LogP contribution in [-0.2, 0) is 13.0 Å². The minimum absolute atomic E-state index is 0.0115. The topological polar surface area (TPSA) is 77.3 Å². The molecule has 0 bridgehead atoms. The zero-order valence-electron chi connectivity index (χ0n) is 20.8. The second-order valence-corrected chi connectivity index (χ2v) is 8.64. The van der Waals surface area contributed by atoms with Gasteiger partial charge in [-0.05, 0) is 56.0 Å². The molecule has 1 aliphatic rings. The summed E-state index contributed by atoms with van der Waals surface area (Å²) < 4.78 is 17.1. The van der Waals surface area contributed by atoms with E-state index in [4.69, 9.17) is 19.9 Å². The Kier molecular flexibility index (Phi) is 9.89. The Bertz CT molecular complexity index is 934. The molecule has 1 fully saturated rings. The van der Waals surface area contributed by atoms with E-state index in [1.54, 1.807) is 14.2 Å². The number of aryl methyl sites for hydroxylation is 1. The molecule has 0 spiro atoms. The number of ether oxygens (including phenoxy) is 3. The van der Waals surface area contributed by atoms with Gasteiger partial charge in [-0.3, -0.25) is 4.90 Å². The molecule has 0 radical (unpaired) electrons. The average molecular weight is 470 g/mol. The monoisotopic (exact) mass is 469 g/mol. The van der Waals surface area contributed by atoms with Crippen molar-refractivity contribution in [1.29, 1.82) is 0 Å². The highest BCUT2D eigenvalue weighted by Crippen LogP contribution is 2.34. The van der Waals surface area contributed by atoms with Gasteiger partial charge in [0.2, 0.25) is 0 Å². The van der Waals surface area contributed by atoms with E-state index in [9.17, 15) is 4.79 Å². The Labute approximate surface area is 203 Å². The summed E-state index contributed by atoms with van der Waals surface area (Å²) in [7, 11) is 3.31. The van der Waals surface area contributed by atoms with E-state index in [0.717, 1.165) is 55.5 Å². The fraction of sp³-hybridized carbons (Fsp3) is 0.519. The SMILES string of the molecule is CCCCCOc1cc(N2CCCN(Cc3ccc(CCCN)cc3OC)C2=O)ccc1OC. The molecule has 0 saturated carbocycles. The summed E-state index contributed by atoms with van der Waals surface area (Å²) in [6.45, 7) is 5.36. The number of rotatable bonds is 13. The lowest BCUT2D eigenvalue weighted by Crippen LogP contribution is -2.49. The maximum absolute atomic E-state index is 13.4. The number of urea groups is 1. The number of carbonyl (C=O) groups excluding carboxylic acids is 1. The van der Waals surface area contributed by atoms with Gasteiger partial charge in [-0.15, -0.1) is 0 Å². The van der Waals surface area contributed by atoms with Crippen LogP contribution in [0.4, 0.5) is 10.5 Å². The van der Waals surface area contributed by atoms with Crippen molar-refractivity contribution in [2.45, 2.75) is 52.0 Å². The van der Waals surface area contributed by atoms with Crippen LogP contribution in [0.15, 0.2) is 36.4 Å². The highest BCUT2D eigenvalue weighted by molar-refractivity contribution is 5.93. The molecule has 7 heteroatoms. The fourth-order valence-electron chi connectivity index (χ4n) is 4.24. The van der Waals surface area contributed by atoms with Gasteiger partial charge in [0.25, 0.3) is 0 Å². The molecule has 2 N–H and O–H groups in total. The summed E-state index contributed by atoms with van der Waals surface area (Å²) >= 11 is 0. The summed E-state index contributed by atoms with van der Waals surface area (Å²) in [5.41, 5.74) is 8.67. The summed E-state index contributed by atoms with van der Waals surface area (Å²) in [4.78, 5) is 17.1. The second-order valence-electron chi connectivity index (χ2n) is 8.64. The summed E-state index contributed by atoms with van der Waals surface area (Å²) in [6, 6.07) is 11.9. The maximum atomic E-state index is 13.4. The van der Waals surface area contributed by atoms with E-state index in [1.165, 1.54) is 5.56 Å². The summed E-state index contributed by atoms with van der Waals surface area (Å²) in [6.07, 6.45) is 6.01. The van der Waals surface area contributed by atoms with Crippen molar-refractivity contribution in [3.05, 3.63) is 47.5 Å². The van der Waals surface area contributed by atoms with Crippen LogP contribution in [0.1, 0.15) is 50.2 Å². The minimum Gasteiger partial charge on any atom is -0.496 e. The molecule has 2 amide bonds. The third-order valence-electron chi connectivity index (χ3n) is 6.16. The molecule has 0 aliphatic carbocycles. The predicted octanol–water partition coefficient (Wildman–Crippen LogP) is 5.00. The molecule has 0 unspecified atom stereocenters. The quantitative estimate of drug-likeness (QED) is 0.418. The maximum Gasteiger partial charge on any atom is 0.324 e. The molecule has 3 rings (SSSR count). The van der Waals surface area contributed by atoms with Crippen LogP contribution in [0, 0.1) is 0 Å². The molecule has 34 heavy (non-hydrogen) atoms. The number of hydrogen-bond acceptors (Lipinski definition) is 5. The number of anilines is 1. The summed E-state index contributed by atoms with van der Waals surface area (Å²) in [5.74, 6) is 2.17. The van der Waals surface area contributed by atoms with E-state index >= 15 is 0 Å². The minimum atomic E-state index is -0.0115. The molecule has 1 aliphatic heterocycles. The van der Waals surface area contributed by atoms with Crippen LogP contribution < -0.4 is 24.8 Å². The molecule has 1 heterocycles. The number of methoxy groups -OCH3 is 2. The number of benzene rings is 2. The van der Waals surface area contributed by atoms with Crippen LogP contribution >= 0.6 is 0 Å². The van der Waals surface area contributed by atoms with Crippen LogP contribution in [0.5, 0.6) is 17.2 Å². The highest BCUT2D eigenvalue weighted by Gasteiger charge is 2.28. The van der Waals surface area contributed by atoms with Gasteiger partial charge in [0.15, 0.2) is 11.5 Å². The zero-order chi connectivity index (χ0) is 24.3. The van der Waals surface area contributed by atoms with E-state index < -0.39 is 0 Å². The van der Waals surface area contributed by atoms with Crippen molar-refractivity contribution in [2.75, 3.05) is 45.4 Å². The molecule has 2 aromatic rings. The van der Waals surface area contributed by atoms with Gasteiger partial charge in [0.1, 0.15) is 5.75 Å². The molecular formula is C27H39N3O4. The first kappa shape index (κ1) is 25.7. The van der Waals surface area contributed by atoms with Crippen molar-refractivity contribution < 1.29 is 19.0 Å². The normalized spacial score (nSPS) is 13.8. The van der Waals surface area contributed by atoms with Crippen LogP contribution in [-0.4, -0.2) is 51.4 Å². The van der Waals surface area contributed by atoms with Gasteiger partial charge in [-0.25, -0.2) is 4.79 Å². The van der Waals surface area contributed by atoms with E-state index in [-0.39, 0.29) is 6.03 Å². The Hall–Kier alpha value is -2.93. The van der Waals surface area contributed by atoms with Crippen molar-refractivity contribution in [2.24, 2.45) is 5.73 Å². The third kappa shape index (κ3) is 6.56. The number of unbranched alkanes of at least 4 members (excludes halogenated alkanes) is 2. The number of nitrogens with zero attached hydrogens (tertiary/aromatic N) is 2. The van der Waals surface area contributed by atoms with Crippen molar-refractivity contribution >= 4 is 11.7 Å². The first-order valence-electron chi connectivity index (χ1n) is 12.3. The van der Waals surface area contributed by atoms with Crippen LogP contribution in [0.3, 0.4) is 0 Å². The van der Waals surface area contributed by atoms with Gasteiger partial charge >= 0.3 is 6.03 Å². The van der Waals surface area contributed by atoms with Gasteiger partial charge in [0, 0.05) is 30.4 Å². The lowest BCUT2D eigenvalue weighted by atomic mass is 10.1. The third-order valence-corrected chi connectivity index (χ3v) is 6.16. The van der Waals surface area contributed by atoms with E-state index in [1.807, 2.05) is 28.0 Å². The number of amides is 2. The Morgan fingerprint density at radius 1 is 0.941 bits per heavy atom. The lowest BCUT2D eigenvalue weighted by Gasteiger charge is -2.36. The molecule has 1 saturated heterocycles. The predicted molar refractivity (Wildman–Crippen MR) is 136 cm³/mol. The van der Waals surface area contributed by atoms with Gasteiger partial charge < -0.3 is 24.8 Å². The molecule has 186 valence electrons. The number of carbonyl (C=O) groups is 1. The largest absolute Gasteiger partial charge is 0.496 e. The van der Waals surface area contributed by atoms with Crippen LogP contribution in [0.2, 0.25) is 0 Å². The fourth-order valence-corrected chi connectivity index (χ4v) is 4.24.